The molecular weight excluding hydrogens is 292 g/mol. The molecule has 23 heavy (non-hydrogen) atoms. The zero-order valence-corrected chi connectivity index (χ0v) is 13.7. The highest BCUT2D eigenvalue weighted by atomic mass is 16.5. The third-order valence-electron chi connectivity index (χ3n) is 4.68. The van der Waals surface area contributed by atoms with Gasteiger partial charge in [-0.15, -0.1) is 0 Å². The molecule has 4 atom stereocenters. The third kappa shape index (κ3) is 3.29. The van der Waals surface area contributed by atoms with E-state index in [0.29, 0.717) is 6.54 Å². The summed E-state index contributed by atoms with van der Waals surface area (Å²) < 4.78 is 11.0. The number of nitrogens with one attached hydrogen (secondary N) is 1. The van der Waals surface area contributed by atoms with Crippen molar-refractivity contribution in [1.29, 1.82) is 0 Å². The van der Waals surface area contributed by atoms with Crippen molar-refractivity contribution < 1.29 is 13.9 Å². The van der Waals surface area contributed by atoms with Crippen molar-refractivity contribution in [2.24, 2.45) is 11.8 Å². The first-order valence-electron chi connectivity index (χ1n) is 7.97. The number of nitrogens with zero attached hydrogens (tertiary/aromatic N) is 1. The second kappa shape index (κ2) is 6.54. The zero-order valence-electron chi connectivity index (χ0n) is 13.7. The summed E-state index contributed by atoms with van der Waals surface area (Å²) in [6, 6.07) is 7.90. The largest absolute Gasteiger partial charge is 0.444 e. The lowest BCUT2D eigenvalue weighted by Crippen LogP contribution is -2.36. The van der Waals surface area contributed by atoms with E-state index in [1.165, 1.54) is 6.39 Å². The summed E-state index contributed by atoms with van der Waals surface area (Å²) >= 11 is 0. The molecular formula is C18H22N2O3. The monoisotopic (exact) mass is 314 g/mol. The van der Waals surface area contributed by atoms with Crippen LogP contribution in [0.25, 0.3) is 11.3 Å². The van der Waals surface area contributed by atoms with E-state index in [-0.39, 0.29) is 30.0 Å². The third-order valence-corrected chi connectivity index (χ3v) is 4.68. The second-order valence-electron chi connectivity index (χ2n) is 6.21. The highest BCUT2D eigenvalue weighted by Crippen LogP contribution is 2.32. The molecule has 0 bridgehead atoms. The van der Waals surface area contributed by atoms with E-state index in [0.717, 1.165) is 16.9 Å². The van der Waals surface area contributed by atoms with E-state index in [4.69, 9.17) is 9.15 Å². The summed E-state index contributed by atoms with van der Waals surface area (Å²) in [6.07, 6.45) is 3.19. The molecule has 2 heterocycles. The first kappa shape index (κ1) is 15.7. The number of benzene rings is 1. The van der Waals surface area contributed by atoms with Crippen molar-refractivity contribution in [3.05, 3.63) is 42.4 Å². The van der Waals surface area contributed by atoms with E-state index < -0.39 is 0 Å². The maximum absolute atomic E-state index is 12.4. The maximum atomic E-state index is 12.4. The molecule has 0 radical (unpaired) electrons. The zero-order chi connectivity index (χ0) is 16.4. The molecule has 3 rings (SSSR count). The van der Waals surface area contributed by atoms with Crippen LogP contribution >= 0.6 is 0 Å². The van der Waals surface area contributed by atoms with Gasteiger partial charge >= 0.3 is 0 Å². The Kier molecular flexibility index (Phi) is 4.48. The standard InChI is InChI=1S/C18H22N2O3/c1-11-12(2)23-13(3)17(11)18(21)20-8-14-4-6-15(7-5-14)16-9-19-10-22-16/h4-7,9-13,17H,8H2,1-3H3,(H,20,21). The lowest BCUT2D eigenvalue weighted by Gasteiger charge is -2.18. The van der Waals surface area contributed by atoms with Gasteiger partial charge in [0.2, 0.25) is 5.91 Å². The van der Waals surface area contributed by atoms with Crippen molar-refractivity contribution in [2.75, 3.05) is 0 Å². The van der Waals surface area contributed by atoms with Gasteiger partial charge in [0.25, 0.3) is 0 Å². The molecule has 1 aromatic carbocycles. The van der Waals surface area contributed by atoms with Gasteiger partial charge in [-0.25, -0.2) is 4.98 Å². The van der Waals surface area contributed by atoms with Crippen molar-refractivity contribution in [2.45, 2.75) is 39.5 Å². The summed E-state index contributed by atoms with van der Waals surface area (Å²) in [4.78, 5) is 16.3. The summed E-state index contributed by atoms with van der Waals surface area (Å²) in [5.41, 5.74) is 2.02. The molecule has 122 valence electrons. The Labute approximate surface area is 136 Å². The lowest BCUT2D eigenvalue weighted by molar-refractivity contribution is -0.127. The molecule has 4 unspecified atom stereocenters. The number of hydrogen-bond donors (Lipinski definition) is 1. The molecule has 5 nitrogen and oxygen atoms in total. The molecule has 1 aliphatic rings. The first-order chi connectivity index (χ1) is 11.1. The minimum Gasteiger partial charge on any atom is -0.444 e. The Balaban J connectivity index is 1.59. The number of carbonyl (C=O) groups excluding carboxylic acids is 1. The van der Waals surface area contributed by atoms with Gasteiger partial charge in [-0.1, -0.05) is 31.2 Å². The minimum atomic E-state index is -0.0848. The number of hydrogen-bond acceptors (Lipinski definition) is 4. The van der Waals surface area contributed by atoms with Crippen LogP contribution in [-0.2, 0) is 16.1 Å². The average Bonchev–Trinajstić information content (AvgIpc) is 3.15. The fourth-order valence-electron chi connectivity index (χ4n) is 3.17. The topological polar surface area (TPSA) is 64.4 Å². The maximum Gasteiger partial charge on any atom is 0.226 e. The molecule has 2 aromatic rings. The van der Waals surface area contributed by atoms with Gasteiger partial charge in [0.1, 0.15) is 0 Å². The minimum absolute atomic E-state index is 0.0335. The van der Waals surface area contributed by atoms with E-state index >= 15 is 0 Å². The Hall–Kier alpha value is -2.14. The van der Waals surface area contributed by atoms with Gasteiger partial charge < -0.3 is 14.5 Å². The van der Waals surface area contributed by atoms with E-state index in [9.17, 15) is 4.79 Å². The van der Waals surface area contributed by atoms with Gasteiger partial charge in [-0.3, -0.25) is 4.79 Å². The van der Waals surface area contributed by atoms with Crippen LogP contribution in [0.5, 0.6) is 0 Å². The Morgan fingerprint density at radius 3 is 2.48 bits per heavy atom. The number of carbonyl (C=O) groups is 1. The molecule has 0 aliphatic carbocycles. The quantitative estimate of drug-likeness (QED) is 0.942. The molecule has 1 aromatic heterocycles. The molecule has 0 saturated carbocycles. The molecule has 1 saturated heterocycles. The van der Waals surface area contributed by atoms with E-state index in [1.807, 2.05) is 38.1 Å². The van der Waals surface area contributed by atoms with Crippen LogP contribution in [0, 0.1) is 11.8 Å². The van der Waals surface area contributed by atoms with Crippen molar-refractivity contribution in [3.8, 4) is 11.3 Å². The van der Waals surface area contributed by atoms with Crippen molar-refractivity contribution in [3.63, 3.8) is 0 Å². The smallest absolute Gasteiger partial charge is 0.226 e. The van der Waals surface area contributed by atoms with Crippen LogP contribution < -0.4 is 5.32 Å². The Morgan fingerprint density at radius 2 is 1.91 bits per heavy atom. The fraction of sp³-hybridized carbons (Fsp3) is 0.444. The summed E-state index contributed by atoms with van der Waals surface area (Å²) in [5.74, 6) is 0.950. The summed E-state index contributed by atoms with van der Waals surface area (Å²) in [6.45, 7) is 6.58. The molecule has 0 spiro atoms. The first-order valence-corrected chi connectivity index (χ1v) is 7.97. The van der Waals surface area contributed by atoms with Gasteiger partial charge in [0.05, 0.1) is 24.3 Å². The van der Waals surface area contributed by atoms with Crippen LogP contribution in [0.1, 0.15) is 26.3 Å². The normalized spacial score (nSPS) is 27.1. The highest BCUT2D eigenvalue weighted by Gasteiger charge is 2.41. The molecule has 1 fully saturated rings. The van der Waals surface area contributed by atoms with Gasteiger partial charge in [-0.2, -0.15) is 0 Å². The van der Waals surface area contributed by atoms with E-state index in [1.54, 1.807) is 6.20 Å². The van der Waals surface area contributed by atoms with Crippen LogP contribution in [0.3, 0.4) is 0 Å². The van der Waals surface area contributed by atoms with Gasteiger partial charge in [-0.05, 0) is 25.3 Å². The van der Waals surface area contributed by atoms with Crippen LogP contribution in [0.4, 0.5) is 0 Å². The predicted octanol–water partition coefficient (Wildman–Crippen LogP) is 3.02. The van der Waals surface area contributed by atoms with Crippen LogP contribution in [-0.4, -0.2) is 23.1 Å². The average molecular weight is 314 g/mol. The second-order valence-corrected chi connectivity index (χ2v) is 6.21. The van der Waals surface area contributed by atoms with Crippen LogP contribution in [0.15, 0.2) is 41.3 Å². The van der Waals surface area contributed by atoms with Gasteiger partial charge in [0.15, 0.2) is 12.2 Å². The fourth-order valence-corrected chi connectivity index (χ4v) is 3.17. The molecule has 1 amide bonds. The van der Waals surface area contributed by atoms with Crippen molar-refractivity contribution >= 4 is 5.91 Å². The number of oxazole rings is 1. The number of aromatic nitrogens is 1. The predicted molar refractivity (Wildman–Crippen MR) is 86.4 cm³/mol. The Morgan fingerprint density at radius 1 is 1.17 bits per heavy atom. The molecule has 1 N–H and O–H groups in total. The number of rotatable bonds is 4. The lowest BCUT2D eigenvalue weighted by atomic mass is 9.89. The molecule has 5 heteroatoms. The summed E-state index contributed by atoms with van der Waals surface area (Å²) in [5, 5.41) is 3.02. The molecule has 1 aliphatic heterocycles. The van der Waals surface area contributed by atoms with E-state index in [2.05, 4.69) is 17.2 Å². The Bertz CT molecular complexity index is 651. The number of amides is 1. The highest BCUT2D eigenvalue weighted by molar-refractivity contribution is 5.79. The summed E-state index contributed by atoms with van der Waals surface area (Å²) in [7, 11) is 0. The number of ether oxygens (including phenoxy) is 1. The van der Waals surface area contributed by atoms with Crippen molar-refractivity contribution in [1.82, 2.24) is 10.3 Å². The SMILES string of the molecule is CC1OC(C)C(C(=O)NCc2ccc(-c3cnco3)cc2)C1C. The van der Waals surface area contributed by atoms with Crippen LogP contribution in [0.2, 0.25) is 0 Å². The van der Waals surface area contributed by atoms with Gasteiger partial charge in [0, 0.05) is 12.1 Å².